The van der Waals surface area contributed by atoms with Gasteiger partial charge >= 0.3 is 12.2 Å². The normalized spacial score (nSPS) is 14.7. The van der Waals surface area contributed by atoms with Gasteiger partial charge in [-0.15, -0.1) is 0 Å². The Hall–Kier alpha value is -5.01. The van der Waals surface area contributed by atoms with Gasteiger partial charge in [0.1, 0.15) is 23.5 Å². The summed E-state index contributed by atoms with van der Waals surface area (Å²) in [4.78, 5) is 41.3. The van der Waals surface area contributed by atoms with Crippen molar-refractivity contribution >= 4 is 58.2 Å². The van der Waals surface area contributed by atoms with Crippen LogP contribution in [0, 0.1) is 17.6 Å². The molecule has 15 heteroatoms. The van der Waals surface area contributed by atoms with E-state index in [2.05, 4.69) is 15.6 Å². The van der Waals surface area contributed by atoms with Crippen LogP contribution in [0.15, 0.2) is 66.9 Å². The zero-order valence-electron chi connectivity index (χ0n) is 28.8. The number of ether oxygens (including phenoxy) is 2. The van der Waals surface area contributed by atoms with Gasteiger partial charge in [-0.1, -0.05) is 59.6 Å². The maximum Gasteiger partial charge on any atom is 0.411 e. The molecule has 0 unspecified atom stereocenters. The fraction of sp³-hybridized carbons (Fsp3) is 0.324. The molecule has 52 heavy (non-hydrogen) atoms. The van der Waals surface area contributed by atoms with Crippen molar-refractivity contribution in [2.24, 2.45) is 5.92 Å². The van der Waals surface area contributed by atoms with E-state index in [9.17, 15) is 18.4 Å². The molecule has 3 aromatic carbocycles. The maximum absolute atomic E-state index is 13.8. The number of likely N-dealkylation sites (tertiary alicyclic amines) is 1. The van der Waals surface area contributed by atoms with Gasteiger partial charge in [0.05, 0.1) is 21.8 Å². The van der Waals surface area contributed by atoms with Crippen LogP contribution in [-0.2, 0) is 29.2 Å². The van der Waals surface area contributed by atoms with Gasteiger partial charge in [0.2, 0.25) is 5.95 Å². The van der Waals surface area contributed by atoms with Crippen molar-refractivity contribution in [1.82, 2.24) is 24.4 Å². The number of fused-ring (bicyclic) bond motifs is 1. The molecular weight excluding hydrogens is 715 g/mol. The Morgan fingerprint density at radius 1 is 0.981 bits per heavy atom. The number of hydrogen-bond acceptors (Lipinski definition) is 8. The largest absolute Gasteiger partial charge is 0.444 e. The molecule has 0 bridgehead atoms. The standard InChI is InChI=1S/C37H37Cl2F2N7O4/c1-37(2,3)52-36(50)47-13-7-10-24(19-47)20-48-32-30(18-43-34(46-32)42-17-23-11-12-28(40)29(41)14-23)45-33(48)31-26(38)15-25(16-27(31)39)44-35(49)51-21-22-8-5-4-6-9-22/h4-6,8-9,11-12,14-16,18,24H,7,10,13,17,19-21H2,1-3H3,(H,44,49)(H,42,43,46)/t24-/m1/s1. The summed E-state index contributed by atoms with van der Waals surface area (Å²) >= 11 is 13.7. The van der Waals surface area contributed by atoms with E-state index in [0.29, 0.717) is 53.4 Å². The van der Waals surface area contributed by atoms with Gasteiger partial charge in [-0.3, -0.25) is 5.32 Å². The molecule has 1 aliphatic heterocycles. The summed E-state index contributed by atoms with van der Waals surface area (Å²) in [7, 11) is 0. The summed E-state index contributed by atoms with van der Waals surface area (Å²) in [6.45, 7) is 7.11. The van der Waals surface area contributed by atoms with Gasteiger partial charge in [-0.2, -0.15) is 4.98 Å². The molecular formula is C37H37Cl2F2N7O4. The molecule has 0 saturated carbocycles. The first-order valence-corrected chi connectivity index (χ1v) is 17.4. The molecule has 1 atom stereocenters. The number of carbonyl (C=O) groups excluding carboxylic acids is 2. The van der Waals surface area contributed by atoms with Gasteiger partial charge < -0.3 is 24.3 Å². The second kappa shape index (κ2) is 15.7. The average Bonchev–Trinajstić information content (AvgIpc) is 3.44. The number of piperidine rings is 1. The molecule has 2 N–H and O–H groups in total. The fourth-order valence-electron chi connectivity index (χ4n) is 5.90. The van der Waals surface area contributed by atoms with E-state index in [1.165, 1.54) is 6.07 Å². The number of hydrogen-bond donors (Lipinski definition) is 2. The molecule has 2 amide bonds. The highest BCUT2D eigenvalue weighted by Crippen LogP contribution is 2.39. The minimum Gasteiger partial charge on any atom is -0.444 e. The highest BCUT2D eigenvalue weighted by atomic mass is 35.5. The van der Waals surface area contributed by atoms with E-state index in [0.717, 1.165) is 30.5 Å². The molecule has 2 aromatic heterocycles. The Kier molecular flexibility index (Phi) is 11.1. The van der Waals surface area contributed by atoms with Crippen molar-refractivity contribution in [2.45, 2.75) is 58.9 Å². The Morgan fingerprint density at radius 3 is 2.44 bits per heavy atom. The second-order valence-electron chi connectivity index (χ2n) is 13.5. The molecule has 6 rings (SSSR count). The summed E-state index contributed by atoms with van der Waals surface area (Å²) in [6.07, 6.45) is 2.08. The van der Waals surface area contributed by atoms with E-state index in [1.54, 1.807) is 23.2 Å². The lowest BCUT2D eigenvalue weighted by atomic mass is 9.98. The molecule has 272 valence electrons. The van der Waals surface area contributed by atoms with Crippen LogP contribution in [0.4, 0.5) is 30.0 Å². The maximum atomic E-state index is 13.8. The second-order valence-corrected chi connectivity index (χ2v) is 14.3. The fourth-order valence-corrected chi connectivity index (χ4v) is 6.56. The topological polar surface area (TPSA) is 124 Å². The Balaban J connectivity index is 1.30. The number of benzene rings is 3. The van der Waals surface area contributed by atoms with E-state index in [-0.39, 0.29) is 41.2 Å². The average molecular weight is 753 g/mol. The molecule has 1 aliphatic rings. The van der Waals surface area contributed by atoms with Crippen LogP contribution in [0.5, 0.6) is 0 Å². The van der Waals surface area contributed by atoms with Crippen molar-refractivity contribution in [3.05, 3.63) is 99.7 Å². The van der Waals surface area contributed by atoms with Gasteiger partial charge in [0.15, 0.2) is 17.3 Å². The van der Waals surface area contributed by atoms with Crippen molar-refractivity contribution in [3.8, 4) is 11.4 Å². The Morgan fingerprint density at radius 2 is 1.73 bits per heavy atom. The van der Waals surface area contributed by atoms with Crippen LogP contribution >= 0.6 is 23.2 Å². The van der Waals surface area contributed by atoms with Gasteiger partial charge in [0, 0.05) is 31.9 Å². The van der Waals surface area contributed by atoms with Gasteiger partial charge in [-0.25, -0.2) is 28.3 Å². The van der Waals surface area contributed by atoms with Crippen molar-refractivity contribution in [1.29, 1.82) is 0 Å². The van der Waals surface area contributed by atoms with Gasteiger partial charge in [-0.05, 0) is 74.9 Å². The number of imidazole rings is 1. The first-order valence-electron chi connectivity index (χ1n) is 16.7. The van der Waals surface area contributed by atoms with Crippen LogP contribution in [0.3, 0.4) is 0 Å². The third-order valence-electron chi connectivity index (χ3n) is 8.26. The van der Waals surface area contributed by atoms with Crippen molar-refractivity contribution < 1.29 is 27.8 Å². The lowest BCUT2D eigenvalue weighted by Gasteiger charge is -2.34. The lowest BCUT2D eigenvalue weighted by molar-refractivity contribution is 0.0158. The molecule has 0 spiro atoms. The SMILES string of the molecule is CC(C)(C)OC(=O)N1CCC[C@@H](Cn2c(-c3c(Cl)cc(NC(=O)OCc4ccccc4)cc3Cl)nc3cnc(NCc4ccc(F)c(F)c4)nc32)C1. The number of anilines is 2. The number of rotatable bonds is 9. The number of amides is 2. The van der Waals surface area contributed by atoms with Crippen LogP contribution in [0.1, 0.15) is 44.7 Å². The predicted molar refractivity (Wildman–Crippen MR) is 195 cm³/mol. The number of nitrogens with one attached hydrogen (secondary N) is 2. The van der Waals surface area contributed by atoms with Gasteiger partial charge in [0.25, 0.3) is 0 Å². The van der Waals surface area contributed by atoms with E-state index >= 15 is 0 Å². The van der Waals surface area contributed by atoms with Crippen LogP contribution in [0.25, 0.3) is 22.6 Å². The quantitative estimate of drug-likeness (QED) is 0.153. The number of halogens is 4. The lowest BCUT2D eigenvalue weighted by Crippen LogP contribution is -2.43. The first kappa shape index (κ1) is 36.8. The minimum absolute atomic E-state index is 0.0103. The zero-order valence-corrected chi connectivity index (χ0v) is 30.3. The molecule has 3 heterocycles. The van der Waals surface area contributed by atoms with E-state index < -0.39 is 23.3 Å². The summed E-state index contributed by atoms with van der Waals surface area (Å²) in [5.41, 5.74) is 2.34. The molecule has 1 fully saturated rings. The smallest absolute Gasteiger partial charge is 0.411 e. The Bertz CT molecular complexity index is 2070. The number of aromatic nitrogens is 4. The predicted octanol–water partition coefficient (Wildman–Crippen LogP) is 9.09. The summed E-state index contributed by atoms with van der Waals surface area (Å²) in [6, 6.07) is 16.0. The molecule has 11 nitrogen and oxygen atoms in total. The third-order valence-corrected chi connectivity index (χ3v) is 8.85. The van der Waals surface area contributed by atoms with Crippen molar-refractivity contribution in [2.75, 3.05) is 23.7 Å². The molecule has 0 radical (unpaired) electrons. The number of nitrogens with zero attached hydrogens (tertiary/aromatic N) is 5. The monoisotopic (exact) mass is 751 g/mol. The van der Waals surface area contributed by atoms with E-state index in [4.69, 9.17) is 42.6 Å². The first-order chi connectivity index (χ1) is 24.8. The molecule has 1 saturated heterocycles. The summed E-state index contributed by atoms with van der Waals surface area (Å²) in [5.74, 6) is -1.26. The molecule has 0 aliphatic carbocycles. The number of carbonyl (C=O) groups is 2. The van der Waals surface area contributed by atoms with Crippen LogP contribution < -0.4 is 10.6 Å². The zero-order chi connectivity index (χ0) is 37.0. The van der Waals surface area contributed by atoms with Crippen molar-refractivity contribution in [3.63, 3.8) is 0 Å². The Labute approximate surface area is 309 Å². The highest BCUT2D eigenvalue weighted by Gasteiger charge is 2.30. The third kappa shape index (κ3) is 9.07. The molecule has 5 aromatic rings. The minimum atomic E-state index is -0.953. The van der Waals surface area contributed by atoms with Crippen LogP contribution in [0.2, 0.25) is 10.0 Å². The highest BCUT2D eigenvalue weighted by molar-refractivity contribution is 6.39. The summed E-state index contributed by atoms with van der Waals surface area (Å²) in [5, 5.41) is 6.17. The summed E-state index contributed by atoms with van der Waals surface area (Å²) < 4.78 is 40.2. The van der Waals surface area contributed by atoms with Crippen LogP contribution in [-0.4, -0.2) is 55.3 Å². The van der Waals surface area contributed by atoms with E-state index in [1.807, 2.05) is 55.7 Å².